The highest BCUT2D eigenvalue weighted by atomic mass is 35.5. The summed E-state index contributed by atoms with van der Waals surface area (Å²) < 4.78 is 1.45. The van der Waals surface area contributed by atoms with E-state index in [2.05, 4.69) is 15.6 Å². The number of amides is 1. The van der Waals surface area contributed by atoms with Gasteiger partial charge in [-0.05, 0) is 87.5 Å². The van der Waals surface area contributed by atoms with Gasteiger partial charge >= 0.3 is 0 Å². The average Bonchev–Trinajstić information content (AvgIpc) is 2.95. The van der Waals surface area contributed by atoms with Crippen LogP contribution in [0.2, 0.25) is 5.02 Å². The van der Waals surface area contributed by atoms with Crippen LogP contribution in [-0.4, -0.2) is 21.9 Å². The van der Waals surface area contributed by atoms with E-state index in [0.29, 0.717) is 39.7 Å². The first-order valence-corrected chi connectivity index (χ1v) is 10.7. The Balaban J connectivity index is 1.33. The molecule has 2 N–H and O–H groups in total. The van der Waals surface area contributed by atoms with Crippen molar-refractivity contribution >= 4 is 23.7 Å². The van der Waals surface area contributed by atoms with E-state index < -0.39 is 0 Å². The predicted octanol–water partition coefficient (Wildman–Crippen LogP) is 3.79. The maximum Gasteiger partial charge on any atom is 0.280 e. The zero-order valence-corrected chi connectivity index (χ0v) is 17.2. The topological polar surface area (TPSA) is 79.2 Å². The van der Waals surface area contributed by atoms with Crippen molar-refractivity contribution in [2.24, 2.45) is 28.3 Å². The van der Waals surface area contributed by atoms with Crippen molar-refractivity contribution in [1.29, 1.82) is 0 Å². The van der Waals surface area contributed by atoms with E-state index in [9.17, 15) is 9.59 Å². The normalized spacial score (nSPS) is 30.2. The van der Waals surface area contributed by atoms with E-state index in [-0.39, 0.29) is 16.9 Å². The number of hydrogen-bond donors (Lipinski definition) is 2. The van der Waals surface area contributed by atoms with Crippen LogP contribution in [0.25, 0.3) is 5.69 Å². The van der Waals surface area contributed by atoms with Crippen molar-refractivity contribution in [1.82, 2.24) is 15.2 Å². The molecule has 0 atom stereocenters. The van der Waals surface area contributed by atoms with Crippen LogP contribution >= 0.6 is 11.6 Å². The molecule has 1 aromatic carbocycles. The third kappa shape index (κ3) is 3.23. The molecule has 0 aliphatic heterocycles. The number of benzene rings is 1. The van der Waals surface area contributed by atoms with Crippen LogP contribution in [0.1, 0.15) is 49.8 Å². The molecule has 0 unspecified atom stereocenters. The van der Waals surface area contributed by atoms with E-state index >= 15 is 0 Å². The lowest BCUT2D eigenvalue weighted by atomic mass is 9.49. The summed E-state index contributed by atoms with van der Waals surface area (Å²) in [6.07, 6.45) is 8.32. The third-order valence-corrected chi connectivity index (χ3v) is 7.33. The Hall–Kier alpha value is -2.34. The Morgan fingerprint density at radius 1 is 1.17 bits per heavy atom. The highest BCUT2D eigenvalue weighted by molar-refractivity contribution is 6.30. The standard InChI is InChI=1S/C22H25ClN4O2/c1-13-19(20(28)27(26-13)18-4-2-17(23)3-5-18)12-24-25-21(29)22-9-14-6-15(10-22)8-16(7-14)11-22/h2-5,12,14-16,26H,6-11H2,1H3,(H,25,29)/b24-12+. The summed E-state index contributed by atoms with van der Waals surface area (Å²) in [5, 5.41) is 7.83. The Morgan fingerprint density at radius 2 is 1.76 bits per heavy atom. The first kappa shape index (κ1) is 18.7. The molecule has 0 saturated heterocycles. The van der Waals surface area contributed by atoms with Gasteiger partial charge in [-0.25, -0.2) is 10.1 Å². The Kier molecular flexibility index (Phi) is 4.42. The number of nitrogens with zero attached hydrogens (tertiary/aromatic N) is 2. The van der Waals surface area contributed by atoms with Gasteiger partial charge in [0.05, 0.1) is 22.9 Å². The largest absolute Gasteiger partial charge is 0.295 e. The molecule has 7 heteroatoms. The molecule has 29 heavy (non-hydrogen) atoms. The molecule has 4 aliphatic carbocycles. The number of rotatable bonds is 4. The molecule has 4 fully saturated rings. The van der Waals surface area contributed by atoms with Gasteiger partial charge in [-0.3, -0.25) is 14.7 Å². The molecule has 0 spiro atoms. The number of hydrogen-bond acceptors (Lipinski definition) is 3. The predicted molar refractivity (Wildman–Crippen MR) is 112 cm³/mol. The highest BCUT2D eigenvalue weighted by Gasteiger charge is 2.54. The lowest BCUT2D eigenvalue weighted by Gasteiger charge is -2.55. The van der Waals surface area contributed by atoms with Crippen molar-refractivity contribution in [3.63, 3.8) is 0 Å². The number of carbonyl (C=O) groups is 1. The molecule has 6 rings (SSSR count). The molecule has 1 aromatic heterocycles. The number of aryl methyl sites for hydroxylation is 1. The van der Waals surface area contributed by atoms with Crippen molar-refractivity contribution in [3.05, 3.63) is 50.9 Å². The molecule has 4 bridgehead atoms. The summed E-state index contributed by atoms with van der Waals surface area (Å²) in [6, 6.07) is 7.02. The fraction of sp³-hybridized carbons (Fsp3) is 0.500. The zero-order chi connectivity index (χ0) is 20.2. The van der Waals surface area contributed by atoms with Crippen LogP contribution in [0.3, 0.4) is 0 Å². The lowest BCUT2D eigenvalue weighted by molar-refractivity contribution is -0.146. The highest BCUT2D eigenvalue weighted by Crippen LogP contribution is 2.60. The molecule has 4 aliphatic rings. The van der Waals surface area contributed by atoms with E-state index in [1.165, 1.54) is 30.2 Å². The number of halogens is 1. The van der Waals surface area contributed by atoms with Crippen molar-refractivity contribution in [2.45, 2.75) is 45.4 Å². The van der Waals surface area contributed by atoms with Gasteiger partial charge in [-0.2, -0.15) is 5.10 Å². The average molecular weight is 413 g/mol. The second-order valence-electron chi connectivity index (χ2n) is 9.16. The van der Waals surface area contributed by atoms with Gasteiger partial charge < -0.3 is 0 Å². The summed E-state index contributed by atoms with van der Waals surface area (Å²) in [7, 11) is 0. The number of aromatic nitrogens is 2. The van der Waals surface area contributed by atoms with Crippen LogP contribution < -0.4 is 11.0 Å². The minimum Gasteiger partial charge on any atom is -0.295 e. The van der Waals surface area contributed by atoms with Crippen LogP contribution in [0.5, 0.6) is 0 Å². The van der Waals surface area contributed by atoms with Gasteiger partial charge in [-0.1, -0.05) is 11.6 Å². The molecule has 6 nitrogen and oxygen atoms in total. The monoisotopic (exact) mass is 412 g/mol. The minimum atomic E-state index is -0.247. The number of hydrazone groups is 1. The number of H-pyrrole nitrogens is 1. The fourth-order valence-corrected chi connectivity index (χ4v) is 6.27. The summed E-state index contributed by atoms with van der Waals surface area (Å²) >= 11 is 5.93. The van der Waals surface area contributed by atoms with E-state index in [0.717, 1.165) is 19.3 Å². The van der Waals surface area contributed by atoms with Gasteiger partial charge in [0.15, 0.2) is 0 Å². The van der Waals surface area contributed by atoms with Crippen LogP contribution in [0.4, 0.5) is 0 Å². The van der Waals surface area contributed by atoms with Gasteiger partial charge in [0.25, 0.3) is 5.56 Å². The molecule has 1 amide bonds. The lowest BCUT2D eigenvalue weighted by Crippen LogP contribution is -2.52. The summed E-state index contributed by atoms with van der Waals surface area (Å²) in [4.78, 5) is 25.8. The molecular weight excluding hydrogens is 388 g/mol. The second kappa shape index (κ2) is 6.87. The first-order chi connectivity index (χ1) is 13.9. The maximum atomic E-state index is 13.0. The Bertz CT molecular complexity index is 999. The number of carbonyl (C=O) groups excluding carboxylic acids is 1. The second-order valence-corrected chi connectivity index (χ2v) is 9.60. The van der Waals surface area contributed by atoms with Crippen molar-refractivity contribution < 1.29 is 4.79 Å². The van der Waals surface area contributed by atoms with Gasteiger partial charge in [0.1, 0.15) is 0 Å². The van der Waals surface area contributed by atoms with Crippen LogP contribution in [0, 0.1) is 30.1 Å². The first-order valence-electron chi connectivity index (χ1n) is 10.3. The summed E-state index contributed by atoms with van der Waals surface area (Å²) in [5.41, 5.74) is 4.11. The maximum absolute atomic E-state index is 13.0. The molecule has 4 saturated carbocycles. The van der Waals surface area contributed by atoms with E-state index in [1.54, 1.807) is 24.3 Å². The molecule has 152 valence electrons. The fourth-order valence-electron chi connectivity index (χ4n) is 6.15. The molecule has 1 heterocycles. The van der Waals surface area contributed by atoms with Crippen LogP contribution in [0.15, 0.2) is 34.2 Å². The quantitative estimate of drug-likeness (QED) is 0.591. The number of nitrogens with one attached hydrogen (secondary N) is 2. The zero-order valence-electron chi connectivity index (χ0n) is 16.5. The SMILES string of the molecule is Cc1[nH]n(-c2ccc(Cl)cc2)c(=O)c1/C=N/NC(=O)C12CC3CC(CC(C3)C1)C2. The van der Waals surface area contributed by atoms with Crippen molar-refractivity contribution in [3.8, 4) is 5.69 Å². The summed E-state index contributed by atoms with van der Waals surface area (Å²) in [5.74, 6) is 2.14. The smallest absolute Gasteiger partial charge is 0.280 e. The van der Waals surface area contributed by atoms with Gasteiger partial charge in [0, 0.05) is 10.7 Å². The van der Waals surface area contributed by atoms with Gasteiger partial charge in [-0.15, -0.1) is 0 Å². The molecular formula is C22H25ClN4O2. The van der Waals surface area contributed by atoms with E-state index in [1.807, 2.05) is 6.92 Å². The number of aromatic amines is 1. The summed E-state index contributed by atoms with van der Waals surface area (Å²) in [6.45, 7) is 1.82. The van der Waals surface area contributed by atoms with Crippen molar-refractivity contribution in [2.75, 3.05) is 0 Å². The van der Waals surface area contributed by atoms with Gasteiger partial charge in [0.2, 0.25) is 5.91 Å². The minimum absolute atomic E-state index is 0.0269. The van der Waals surface area contributed by atoms with Crippen LogP contribution in [-0.2, 0) is 4.79 Å². The Labute approximate surface area is 174 Å². The molecule has 2 aromatic rings. The Morgan fingerprint density at radius 3 is 2.34 bits per heavy atom. The van der Waals surface area contributed by atoms with E-state index in [4.69, 9.17) is 11.6 Å². The molecule has 0 radical (unpaired) electrons. The third-order valence-electron chi connectivity index (χ3n) is 7.08.